The predicted octanol–water partition coefficient (Wildman–Crippen LogP) is -9.51. The summed E-state index contributed by atoms with van der Waals surface area (Å²) in [5, 5.41) is 89.0. The summed E-state index contributed by atoms with van der Waals surface area (Å²) in [5.74, 6) is -1.07. The molecule has 3 fully saturated rings. The largest absolute Gasteiger partial charge is 0.394 e. The Morgan fingerprint density at radius 3 is 2.11 bits per heavy atom. The van der Waals surface area contributed by atoms with Crippen molar-refractivity contribution in [2.45, 2.75) is 117 Å². The van der Waals surface area contributed by atoms with Gasteiger partial charge in [-0.3, -0.25) is 4.79 Å². The first-order valence-corrected chi connectivity index (χ1v) is 14.9. The van der Waals surface area contributed by atoms with E-state index in [1.165, 1.54) is 0 Å². The molecule has 2 saturated heterocycles. The molecule has 2 heterocycles. The lowest BCUT2D eigenvalue weighted by Crippen LogP contribution is -2.70. The topological polar surface area (TPSA) is 370 Å². The van der Waals surface area contributed by atoms with Gasteiger partial charge in [0.05, 0.1) is 24.7 Å². The highest BCUT2D eigenvalue weighted by Crippen LogP contribution is 2.32. The van der Waals surface area contributed by atoms with Gasteiger partial charge < -0.3 is 99.1 Å². The van der Waals surface area contributed by atoms with Crippen LogP contribution in [0.4, 0.5) is 0 Å². The van der Waals surface area contributed by atoms with E-state index in [1.54, 1.807) is 0 Å². The molecule has 20 N–H and O–H groups in total. The van der Waals surface area contributed by atoms with Crippen molar-refractivity contribution in [2.24, 2.45) is 28.7 Å². The molecule has 0 bridgehead atoms. The van der Waals surface area contributed by atoms with Crippen molar-refractivity contribution in [3.8, 4) is 0 Å². The number of ether oxygens (including phenoxy) is 4. The molecule has 3 unspecified atom stereocenters. The molecule has 1 amide bonds. The van der Waals surface area contributed by atoms with Crippen LogP contribution in [0, 0.1) is 0 Å². The Morgan fingerprint density at radius 2 is 1.51 bits per heavy atom. The number of nitrogens with one attached hydrogen (secondary N) is 2. The first-order valence-electron chi connectivity index (χ1n) is 14.9. The summed E-state index contributed by atoms with van der Waals surface area (Å²) in [4.78, 5) is 12.8. The fourth-order valence-corrected chi connectivity index (χ4v) is 5.68. The first kappa shape index (κ1) is 38.2. The molecule has 20 nitrogen and oxygen atoms in total. The molecule has 1 aliphatic carbocycles. The predicted molar refractivity (Wildman–Crippen MR) is 152 cm³/mol. The maximum absolute atomic E-state index is 12.8. The monoisotopic (exact) mass is 657 g/mol. The number of nitrogens with two attached hydrogens (primary N) is 5. The fourth-order valence-electron chi connectivity index (χ4n) is 5.68. The van der Waals surface area contributed by atoms with Crippen molar-refractivity contribution in [3.63, 3.8) is 0 Å². The number of carbonyl (C=O) groups is 1. The lowest BCUT2D eigenvalue weighted by molar-refractivity contribution is -0.321. The molecule has 3 rings (SSSR count). The van der Waals surface area contributed by atoms with E-state index < -0.39 is 123 Å². The average molecular weight is 658 g/mol. The van der Waals surface area contributed by atoms with Gasteiger partial charge in [-0.25, -0.2) is 0 Å². The summed E-state index contributed by atoms with van der Waals surface area (Å²) in [6.07, 6.45) is -18.9. The van der Waals surface area contributed by atoms with Crippen molar-refractivity contribution in [1.82, 2.24) is 10.6 Å². The van der Waals surface area contributed by atoms with Crippen LogP contribution >= 0.6 is 0 Å². The average Bonchev–Trinajstić information content (AvgIpc) is 3.02. The maximum Gasteiger partial charge on any atom is 0.251 e. The van der Waals surface area contributed by atoms with Crippen molar-refractivity contribution in [3.05, 3.63) is 0 Å². The van der Waals surface area contributed by atoms with Crippen LogP contribution in [0.3, 0.4) is 0 Å². The minimum Gasteiger partial charge on any atom is -0.394 e. The molecule has 0 radical (unpaired) electrons. The third kappa shape index (κ3) is 8.81. The number of amides is 1. The van der Waals surface area contributed by atoms with Crippen molar-refractivity contribution < 1.29 is 64.6 Å². The molecule has 0 spiro atoms. The second-order valence-corrected chi connectivity index (χ2v) is 11.6. The Labute approximate surface area is 259 Å². The molecule has 17 atom stereocenters. The zero-order valence-corrected chi connectivity index (χ0v) is 24.8. The number of aliphatic hydroxyl groups is 8. The molecule has 0 aromatic heterocycles. The highest BCUT2D eigenvalue weighted by molar-refractivity contribution is 5.81. The van der Waals surface area contributed by atoms with Crippen molar-refractivity contribution in [1.29, 1.82) is 0 Å². The Bertz CT molecular complexity index is 915. The van der Waals surface area contributed by atoms with E-state index in [4.69, 9.17) is 47.6 Å². The highest BCUT2D eigenvalue weighted by Gasteiger charge is 2.53. The number of carbonyl (C=O) groups excluding carboxylic acids is 1. The van der Waals surface area contributed by atoms with Gasteiger partial charge in [-0.05, 0) is 25.9 Å². The summed E-state index contributed by atoms with van der Waals surface area (Å²) in [6, 6.07) is -4.60. The van der Waals surface area contributed by atoms with Crippen LogP contribution < -0.4 is 39.3 Å². The molecule has 1 saturated carbocycles. The summed E-state index contributed by atoms with van der Waals surface area (Å²) >= 11 is 0. The third-order valence-corrected chi connectivity index (χ3v) is 8.43. The standard InChI is InChI=1S/C25H51N7O13/c26-2-1-3-31-14-19(39)17(37)11(6-28)42-24(14)44-21-8(29)4-9(32-23(41)15(35)10(34)5-27)22(20(21)40)45-25-18(38)13(30)16(36)12(7-33)43-25/h8-22,24-25,31,33-40H,1-7,26-30H2,(H,32,41)/t8-,9+,10?,11+,12+,13-,14+,15?,16+,17+,18+,19+,20-,21?,22-,24+,25+/m0/s1. The molecule has 45 heavy (non-hydrogen) atoms. The van der Waals surface area contributed by atoms with E-state index in [0.29, 0.717) is 19.5 Å². The molecule has 2 aliphatic heterocycles. The number of hydrogen-bond donors (Lipinski definition) is 15. The molecular weight excluding hydrogens is 606 g/mol. The number of aliphatic hydroxyl groups excluding tert-OH is 8. The van der Waals surface area contributed by atoms with Crippen LogP contribution in [0.5, 0.6) is 0 Å². The van der Waals surface area contributed by atoms with Crippen LogP contribution in [0.1, 0.15) is 12.8 Å². The Morgan fingerprint density at radius 1 is 0.867 bits per heavy atom. The molecular formula is C25H51N7O13. The van der Waals surface area contributed by atoms with Gasteiger partial charge >= 0.3 is 0 Å². The van der Waals surface area contributed by atoms with Crippen LogP contribution in [0.25, 0.3) is 0 Å². The quantitative estimate of drug-likeness (QED) is 0.0770. The van der Waals surface area contributed by atoms with Crippen LogP contribution in [0.2, 0.25) is 0 Å². The van der Waals surface area contributed by atoms with Gasteiger partial charge in [-0.2, -0.15) is 0 Å². The summed E-state index contributed by atoms with van der Waals surface area (Å²) in [5.41, 5.74) is 28.9. The van der Waals surface area contributed by atoms with E-state index in [9.17, 15) is 45.6 Å². The van der Waals surface area contributed by atoms with E-state index in [2.05, 4.69) is 10.6 Å². The van der Waals surface area contributed by atoms with Crippen LogP contribution in [0.15, 0.2) is 0 Å². The Balaban J connectivity index is 1.90. The first-order chi connectivity index (χ1) is 21.3. The van der Waals surface area contributed by atoms with Gasteiger partial charge in [-0.15, -0.1) is 0 Å². The Kier molecular flexibility index (Phi) is 14.6. The van der Waals surface area contributed by atoms with Gasteiger partial charge in [0.25, 0.3) is 5.91 Å². The van der Waals surface area contributed by atoms with Crippen LogP contribution in [-0.4, -0.2) is 183 Å². The maximum atomic E-state index is 12.8. The summed E-state index contributed by atoms with van der Waals surface area (Å²) in [6.45, 7) is -0.666. The fraction of sp³-hybridized carbons (Fsp3) is 0.960. The van der Waals surface area contributed by atoms with Gasteiger partial charge in [0.15, 0.2) is 18.7 Å². The molecule has 0 aromatic rings. The molecule has 20 heteroatoms. The minimum absolute atomic E-state index is 0.173. The summed E-state index contributed by atoms with van der Waals surface area (Å²) in [7, 11) is 0. The molecule has 3 aliphatic rings. The van der Waals surface area contributed by atoms with Gasteiger partial charge in [-0.1, -0.05) is 0 Å². The van der Waals surface area contributed by atoms with Crippen LogP contribution in [-0.2, 0) is 23.7 Å². The lowest BCUT2D eigenvalue weighted by atomic mass is 9.83. The van der Waals surface area contributed by atoms with E-state index in [-0.39, 0.29) is 13.0 Å². The molecule has 0 aromatic carbocycles. The zero-order chi connectivity index (χ0) is 33.6. The minimum atomic E-state index is -1.95. The third-order valence-electron chi connectivity index (χ3n) is 8.43. The van der Waals surface area contributed by atoms with Gasteiger partial charge in [0, 0.05) is 19.1 Å². The Hall–Kier alpha value is -1.25. The lowest BCUT2D eigenvalue weighted by Gasteiger charge is -2.49. The van der Waals surface area contributed by atoms with E-state index in [1.807, 2.05) is 0 Å². The van der Waals surface area contributed by atoms with Crippen molar-refractivity contribution in [2.75, 3.05) is 32.8 Å². The van der Waals surface area contributed by atoms with E-state index >= 15 is 0 Å². The molecule has 264 valence electrons. The smallest absolute Gasteiger partial charge is 0.251 e. The van der Waals surface area contributed by atoms with Gasteiger partial charge in [0.1, 0.15) is 61.0 Å². The summed E-state index contributed by atoms with van der Waals surface area (Å²) < 4.78 is 23.4. The number of hydrogen-bond acceptors (Lipinski definition) is 19. The second kappa shape index (κ2) is 17.2. The van der Waals surface area contributed by atoms with E-state index in [0.717, 1.165) is 0 Å². The normalized spacial score (nSPS) is 43.9. The zero-order valence-electron chi connectivity index (χ0n) is 24.8. The van der Waals surface area contributed by atoms with Crippen molar-refractivity contribution >= 4 is 5.91 Å². The SMILES string of the molecule is NCCCN[C@H]1[C@@H](OC2[C@@H](N)C[C@@H](NC(=O)C(O)C(O)CN)[C@H](O[C@H]3O[C@H](CO)[C@@H](O)[C@H](N)[C@H]3O)[C@H]2O)O[C@H](CN)[C@@H](O)[C@@H]1O. The highest BCUT2D eigenvalue weighted by atomic mass is 16.7. The van der Waals surface area contributed by atoms with Gasteiger partial charge in [0.2, 0.25) is 0 Å². The second-order valence-electron chi connectivity index (χ2n) is 11.6. The number of rotatable bonds is 14.